The number of hydrogen-bond donors (Lipinski definition) is 2. The van der Waals surface area contributed by atoms with Crippen molar-refractivity contribution in [3.05, 3.63) is 34.4 Å². The second-order valence-corrected chi connectivity index (χ2v) is 6.35. The Morgan fingerprint density at radius 3 is 2.33 bits per heavy atom. The van der Waals surface area contributed by atoms with E-state index in [1.165, 1.54) is 24.3 Å². The predicted octanol–water partition coefficient (Wildman–Crippen LogP) is 0.165. The molecule has 1 saturated heterocycles. The lowest BCUT2D eigenvalue weighted by Gasteiger charge is -2.15. The lowest BCUT2D eigenvalue weighted by Crippen LogP contribution is -2.31. The van der Waals surface area contributed by atoms with Crippen LogP contribution in [0.3, 0.4) is 0 Å². The zero-order chi connectivity index (χ0) is 13.3. The van der Waals surface area contributed by atoms with Gasteiger partial charge in [0.1, 0.15) is 0 Å². The van der Waals surface area contributed by atoms with Crippen LogP contribution in [0.25, 0.3) is 0 Å². The van der Waals surface area contributed by atoms with E-state index in [9.17, 15) is 23.6 Å². The number of nitrogens with one attached hydrogen (secondary N) is 1. The topological polar surface area (TPSA) is 110 Å². The number of aliphatic hydroxyl groups excluding tert-OH is 1. The summed E-state index contributed by atoms with van der Waals surface area (Å²) in [5.74, 6) is -0.386. The fraction of sp³-hybridized carbons (Fsp3) is 0.400. The van der Waals surface area contributed by atoms with Gasteiger partial charge in [0.2, 0.25) is 0 Å². The van der Waals surface area contributed by atoms with Crippen molar-refractivity contribution >= 4 is 21.2 Å². The Kier molecular flexibility index (Phi) is 3.22. The first-order valence-electron chi connectivity index (χ1n) is 5.27. The third-order valence-electron chi connectivity index (χ3n) is 2.75. The van der Waals surface area contributed by atoms with E-state index in [-0.39, 0.29) is 17.2 Å². The van der Waals surface area contributed by atoms with Crippen LogP contribution in [0.1, 0.15) is 0 Å². The molecule has 0 amide bonds. The van der Waals surface area contributed by atoms with Gasteiger partial charge in [0, 0.05) is 17.8 Å². The molecule has 2 rings (SSSR count). The highest BCUT2D eigenvalue weighted by Crippen LogP contribution is 2.20. The standard InChI is InChI=1S/C10H12N2O5S/c13-10-6-18(16,17)5-9(10)11-7-1-3-8(4-2-7)12(14)15/h1-4,9-11,13H,5-6H2/t9-,10-/m0/s1. The van der Waals surface area contributed by atoms with Crippen molar-refractivity contribution in [3.63, 3.8) is 0 Å². The fourth-order valence-corrected chi connectivity index (χ4v) is 3.60. The molecule has 1 aromatic rings. The van der Waals surface area contributed by atoms with Crippen molar-refractivity contribution in [2.24, 2.45) is 0 Å². The fourth-order valence-electron chi connectivity index (χ4n) is 1.86. The number of nitro groups is 1. The number of non-ortho nitro benzene ring substituents is 1. The van der Waals surface area contributed by atoms with E-state index in [4.69, 9.17) is 0 Å². The van der Waals surface area contributed by atoms with Gasteiger partial charge in [-0.15, -0.1) is 0 Å². The van der Waals surface area contributed by atoms with E-state index < -0.39 is 26.9 Å². The maximum atomic E-state index is 11.3. The first kappa shape index (κ1) is 12.8. The van der Waals surface area contributed by atoms with E-state index in [0.29, 0.717) is 5.69 Å². The van der Waals surface area contributed by atoms with Gasteiger partial charge in [0.15, 0.2) is 9.84 Å². The lowest BCUT2D eigenvalue weighted by molar-refractivity contribution is -0.384. The van der Waals surface area contributed by atoms with Gasteiger partial charge in [-0.1, -0.05) is 0 Å². The van der Waals surface area contributed by atoms with Crippen LogP contribution >= 0.6 is 0 Å². The molecule has 1 aliphatic rings. The summed E-state index contributed by atoms with van der Waals surface area (Å²) >= 11 is 0. The summed E-state index contributed by atoms with van der Waals surface area (Å²) in [6, 6.07) is 5.03. The molecule has 18 heavy (non-hydrogen) atoms. The molecule has 0 aromatic heterocycles. The normalized spacial score (nSPS) is 25.8. The van der Waals surface area contributed by atoms with Crippen LogP contribution in [0.2, 0.25) is 0 Å². The molecule has 2 N–H and O–H groups in total. The monoisotopic (exact) mass is 272 g/mol. The van der Waals surface area contributed by atoms with Crippen LogP contribution in [-0.2, 0) is 9.84 Å². The molecule has 0 saturated carbocycles. The number of sulfone groups is 1. The summed E-state index contributed by atoms with van der Waals surface area (Å²) in [7, 11) is -3.21. The minimum absolute atomic E-state index is 0.0415. The maximum absolute atomic E-state index is 11.3. The summed E-state index contributed by atoms with van der Waals surface area (Å²) in [4.78, 5) is 9.94. The molecule has 1 heterocycles. The first-order valence-corrected chi connectivity index (χ1v) is 7.09. The van der Waals surface area contributed by atoms with Gasteiger partial charge in [-0.2, -0.15) is 0 Å². The van der Waals surface area contributed by atoms with Crippen LogP contribution in [0, 0.1) is 10.1 Å². The Bertz CT molecular complexity index is 554. The van der Waals surface area contributed by atoms with Gasteiger partial charge in [-0.3, -0.25) is 10.1 Å². The molecular formula is C10H12N2O5S. The van der Waals surface area contributed by atoms with Gasteiger partial charge >= 0.3 is 0 Å². The Morgan fingerprint density at radius 2 is 1.89 bits per heavy atom. The molecular weight excluding hydrogens is 260 g/mol. The molecule has 0 spiro atoms. The van der Waals surface area contributed by atoms with Crippen LogP contribution in [0.15, 0.2) is 24.3 Å². The van der Waals surface area contributed by atoms with E-state index in [2.05, 4.69) is 5.32 Å². The largest absolute Gasteiger partial charge is 0.390 e. The Labute approximate surface area is 104 Å². The highest BCUT2D eigenvalue weighted by Gasteiger charge is 2.36. The van der Waals surface area contributed by atoms with Crippen LogP contribution < -0.4 is 5.32 Å². The average Bonchev–Trinajstić information content (AvgIpc) is 2.52. The predicted molar refractivity (Wildman–Crippen MR) is 65.2 cm³/mol. The lowest BCUT2D eigenvalue weighted by atomic mass is 10.2. The molecule has 0 radical (unpaired) electrons. The number of hydrogen-bond acceptors (Lipinski definition) is 6. The van der Waals surface area contributed by atoms with E-state index in [1.807, 2.05) is 0 Å². The molecule has 1 aromatic carbocycles. The SMILES string of the molecule is O=[N+]([O-])c1ccc(N[C@H]2CS(=O)(=O)C[C@@H]2O)cc1. The summed E-state index contributed by atoms with van der Waals surface area (Å²) < 4.78 is 22.6. The highest BCUT2D eigenvalue weighted by atomic mass is 32.2. The van der Waals surface area contributed by atoms with Crippen molar-refractivity contribution in [3.8, 4) is 0 Å². The summed E-state index contributed by atoms with van der Waals surface area (Å²) in [6.07, 6.45) is -0.954. The third-order valence-corrected chi connectivity index (χ3v) is 4.47. The van der Waals surface area contributed by atoms with Gasteiger partial charge < -0.3 is 10.4 Å². The number of nitro benzene ring substituents is 1. The molecule has 0 bridgehead atoms. The number of nitrogens with zero attached hydrogens (tertiary/aromatic N) is 1. The van der Waals surface area contributed by atoms with Crippen LogP contribution in [0.5, 0.6) is 0 Å². The van der Waals surface area contributed by atoms with Gasteiger partial charge in [0.05, 0.1) is 28.6 Å². The number of aliphatic hydroxyl groups is 1. The quantitative estimate of drug-likeness (QED) is 0.599. The van der Waals surface area contributed by atoms with E-state index in [1.54, 1.807) is 0 Å². The molecule has 1 aliphatic heterocycles. The van der Waals surface area contributed by atoms with Gasteiger partial charge in [-0.25, -0.2) is 8.42 Å². The average molecular weight is 272 g/mol. The molecule has 98 valence electrons. The zero-order valence-electron chi connectivity index (χ0n) is 9.31. The van der Waals surface area contributed by atoms with Crippen molar-refractivity contribution in [1.82, 2.24) is 0 Å². The van der Waals surface area contributed by atoms with E-state index >= 15 is 0 Å². The second kappa shape index (κ2) is 4.54. The smallest absolute Gasteiger partial charge is 0.269 e. The van der Waals surface area contributed by atoms with Crippen LogP contribution in [0.4, 0.5) is 11.4 Å². The molecule has 7 nitrogen and oxygen atoms in total. The zero-order valence-corrected chi connectivity index (χ0v) is 10.1. The maximum Gasteiger partial charge on any atom is 0.269 e. The minimum Gasteiger partial charge on any atom is -0.390 e. The van der Waals surface area contributed by atoms with Crippen molar-refractivity contribution in [2.45, 2.75) is 12.1 Å². The third kappa shape index (κ3) is 2.77. The molecule has 2 atom stereocenters. The summed E-state index contributed by atoms with van der Waals surface area (Å²) in [5.41, 5.74) is 0.502. The van der Waals surface area contributed by atoms with Crippen molar-refractivity contribution in [1.29, 1.82) is 0 Å². The second-order valence-electron chi connectivity index (χ2n) is 4.20. The summed E-state index contributed by atoms with van der Waals surface area (Å²) in [6.45, 7) is 0. The number of rotatable bonds is 3. The molecule has 1 fully saturated rings. The highest BCUT2D eigenvalue weighted by molar-refractivity contribution is 7.91. The molecule has 0 unspecified atom stereocenters. The van der Waals surface area contributed by atoms with Crippen LogP contribution in [-0.4, -0.2) is 42.1 Å². The van der Waals surface area contributed by atoms with Crippen molar-refractivity contribution < 1.29 is 18.4 Å². The van der Waals surface area contributed by atoms with Gasteiger partial charge in [0.25, 0.3) is 5.69 Å². The molecule has 0 aliphatic carbocycles. The first-order chi connectivity index (χ1) is 8.37. The summed E-state index contributed by atoms with van der Waals surface area (Å²) in [5, 5.41) is 22.9. The van der Waals surface area contributed by atoms with Crippen molar-refractivity contribution in [2.75, 3.05) is 16.8 Å². The minimum atomic E-state index is -3.21. The Hall–Kier alpha value is -1.67. The molecule has 8 heteroatoms. The number of benzene rings is 1. The van der Waals surface area contributed by atoms with E-state index in [0.717, 1.165) is 0 Å². The Balaban J connectivity index is 2.08. The Morgan fingerprint density at radius 1 is 1.28 bits per heavy atom. The number of anilines is 1. The van der Waals surface area contributed by atoms with Gasteiger partial charge in [-0.05, 0) is 12.1 Å².